The fraction of sp³-hybridized carbons (Fsp3) is 0.300. The minimum absolute atomic E-state index is 1.03. The number of fused-ring (bicyclic) bond motifs is 9. The molecule has 3 aromatic carbocycles. The second-order valence-electron chi connectivity index (χ2n) is 14.1. The van der Waals surface area contributed by atoms with E-state index in [1.165, 1.54) is 94.3 Å². The molecule has 17 heteroatoms. The predicted octanol–water partition coefficient (Wildman–Crippen LogP) is 6.83. The molecule has 0 aliphatic carbocycles. The van der Waals surface area contributed by atoms with Crippen molar-refractivity contribution < 1.29 is 61.4 Å². The number of alkyl halides is 6. The van der Waals surface area contributed by atoms with Gasteiger partial charge in [0.1, 0.15) is 0 Å². The van der Waals surface area contributed by atoms with Crippen molar-refractivity contribution in [2.45, 2.75) is 62.6 Å². The lowest BCUT2D eigenvalue weighted by molar-refractivity contribution is -0.689. The van der Waals surface area contributed by atoms with E-state index in [1.807, 2.05) is 0 Å². The van der Waals surface area contributed by atoms with Gasteiger partial charge in [-0.1, -0.05) is 42.5 Å². The van der Waals surface area contributed by atoms with E-state index >= 15 is 0 Å². The van der Waals surface area contributed by atoms with Crippen molar-refractivity contribution in [2.24, 2.45) is 0 Å². The summed E-state index contributed by atoms with van der Waals surface area (Å²) in [5.74, 6) is 0. The molecule has 6 heterocycles. The molecule has 4 aliphatic rings. The second kappa shape index (κ2) is 15.2. The quantitative estimate of drug-likeness (QED) is 0.0827. The first-order chi connectivity index (χ1) is 26.8. The third-order valence-corrected chi connectivity index (χ3v) is 11.6. The first-order valence-corrected chi connectivity index (χ1v) is 20.8. The number of nitrogens with zero attached hydrogens (tertiary/aromatic N) is 3. The van der Waals surface area contributed by atoms with Crippen molar-refractivity contribution in [1.29, 1.82) is 0 Å². The first kappa shape index (κ1) is 40.4. The average molecular weight is 832 g/mol. The number of pyridine rings is 2. The number of aryl methyl sites for hydroxylation is 6. The Labute approximate surface area is 325 Å². The van der Waals surface area contributed by atoms with Crippen LogP contribution in [0.3, 0.4) is 0 Å². The summed E-state index contributed by atoms with van der Waals surface area (Å²) in [6.07, 6.45) is 16.4. The van der Waals surface area contributed by atoms with Crippen LogP contribution in [0.15, 0.2) is 79.1 Å². The van der Waals surface area contributed by atoms with Gasteiger partial charge in [0.2, 0.25) is 11.4 Å². The largest absolute Gasteiger partial charge is 0.741 e. The lowest BCUT2D eigenvalue weighted by Gasteiger charge is -2.37. The average Bonchev–Trinajstić information content (AvgIpc) is 3.15. The third-order valence-electron chi connectivity index (χ3n) is 10.5. The van der Waals surface area contributed by atoms with Gasteiger partial charge in [0.25, 0.3) is 0 Å². The van der Waals surface area contributed by atoms with Crippen LogP contribution in [0.4, 0.5) is 32.0 Å². The zero-order chi connectivity index (χ0) is 40.9. The van der Waals surface area contributed by atoms with Gasteiger partial charge in [-0.15, -0.1) is 0 Å². The zero-order valence-electron chi connectivity index (χ0n) is 30.1. The molecule has 0 bridgehead atoms. The van der Waals surface area contributed by atoms with Crippen LogP contribution in [-0.4, -0.2) is 50.0 Å². The Balaban J connectivity index is 0.000000264. The highest BCUT2D eigenvalue weighted by Crippen LogP contribution is 2.42. The third kappa shape index (κ3) is 8.29. The van der Waals surface area contributed by atoms with E-state index in [-0.39, 0.29) is 0 Å². The van der Waals surface area contributed by atoms with Crippen molar-refractivity contribution in [3.63, 3.8) is 0 Å². The Morgan fingerprint density at radius 2 is 1.14 bits per heavy atom. The number of hydrogen-bond acceptors (Lipinski definition) is 7. The van der Waals surface area contributed by atoms with E-state index in [1.54, 1.807) is 16.8 Å². The summed E-state index contributed by atoms with van der Waals surface area (Å²) in [6.45, 7) is 4.53. The molecular weight excluding hydrogens is 797 g/mol. The van der Waals surface area contributed by atoms with Gasteiger partial charge >= 0.3 is 11.0 Å². The molecule has 0 spiro atoms. The number of benzene rings is 3. The van der Waals surface area contributed by atoms with E-state index < -0.39 is 31.3 Å². The van der Waals surface area contributed by atoms with Crippen molar-refractivity contribution >= 4 is 48.8 Å². The molecule has 0 saturated heterocycles. The summed E-state index contributed by atoms with van der Waals surface area (Å²) in [4.78, 5) is 2.63. The summed E-state index contributed by atoms with van der Waals surface area (Å²) < 4.78 is 123. The van der Waals surface area contributed by atoms with Crippen LogP contribution in [-0.2, 0) is 59.0 Å². The molecule has 5 aromatic rings. The van der Waals surface area contributed by atoms with Gasteiger partial charge in [-0.25, -0.2) is 16.8 Å². The van der Waals surface area contributed by atoms with Crippen molar-refractivity contribution in [2.75, 3.05) is 18.0 Å². The van der Waals surface area contributed by atoms with E-state index in [2.05, 4.69) is 105 Å². The van der Waals surface area contributed by atoms with Gasteiger partial charge in [-0.05, 0) is 82.6 Å². The maximum absolute atomic E-state index is 10.7. The fourth-order valence-electron chi connectivity index (χ4n) is 8.05. The van der Waals surface area contributed by atoms with Crippen LogP contribution in [0.2, 0.25) is 0 Å². The SMILES string of the molecule is C(=Cc1cc[n+]2c(c1)-c1c(ccc3c1-c1c4ccccc4cc[n+]1CC3)CC2)c1cc2c3c(c1)CCCN3CCC2.O=S(=O)([O-])C(F)(F)F.O=S(=O)([O-])C(F)(F)F. The molecule has 300 valence electrons. The number of halogens is 6. The van der Waals surface area contributed by atoms with Gasteiger partial charge in [0.15, 0.2) is 45.7 Å². The normalized spacial score (nSPS) is 15.9. The molecule has 0 saturated carbocycles. The summed E-state index contributed by atoms with van der Waals surface area (Å²) >= 11 is 0. The second-order valence-corrected chi connectivity index (χ2v) is 16.9. The van der Waals surface area contributed by atoms with Crippen molar-refractivity contribution in [1.82, 2.24) is 0 Å². The molecule has 0 fully saturated rings. The monoisotopic (exact) mass is 831 g/mol. The van der Waals surface area contributed by atoms with Crippen LogP contribution >= 0.6 is 0 Å². The Morgan fingerprint density at radius 1 is 0.614 bits per heavy atom. The molecule has 57 heavy (non-hydrogen) atoms. The van der Waals surface area contributed by atoms with Gasteiger partial charge in [0, 0.05) is 49.8 Å². The maximum Gasteiger partial charge on any atom is 0.485 e. The summed E-state index contributed by atoms with van der Waals surface area (Å²) in [7, 11) is -12.2. The van der Waals surface area contributed by atoms with Gasteiger partial charge in [-0.3, -0.25) is 0 Å². The highest BCUT2D eigenvalue weighted by atomic mass is 32.2. The Kier molecular flexibility index (Phi) is 10.7. The maximum atomic E-state index is 10.7. The van der Waals surface area contributed by atoms with E-state index in [0.29, 0.717) is 0 Å². The molecule has 0 unspecified atom stereocenters. The first-order valence-electron chi connectivity index (χ1n) is 18.0. The highest BCUT2D eigenvalue weighted by molar-refractivity contribution is 7.86. The van der Waals surface area contributed by atoms with E-state index in [9.17, 15) is 26.3 Å². The molecule has 0 radical (unpaired) electrons. The molecule has 4 aliphatic heterocycles. The predicted molar refractivity (Wildman–Crippen MR) is 198 cm³/mol. The van der Waals surface area contributed by atoms with E-state index in [4.69, 9.17) is 25.9 Å². The van der Waals surface area contributed by atoms with Gasteiger partial charge in [-0.2, -0.15) is 35.5 Å². The Hall–Kier alpha value is -4.84. The summed E-state index contributed by atoms with van der Waals surface area (Å²) in [6, 6.07) is 25.6. The number of anilines is 1. The lowest BCUT2D eigenvalue weighted by atomic mass is 9.83. The standard InChI is InChI=1S/C38H35N3.2CHF3O3S/c1-2-8-33-28(5-1)14-21-41-22-16-30-12-11-29-15-20-39-19-13-26(25-34(39)35(29)36(30)38(33)41)9-10-27-23-31-6-3-17-40-18-4-7-32(24-27)37(31)40;2*2-1(3,4)8(5,6)7/h1-2,5,8-14,19,21,23-25H,3-4,6-7,15-18,20,22H2;2*(H,5,6,7)/q+2;;/p-2. The molecule has 0 amide bonds. The number of aromatic nitrogens is 2. The van der Waals surface area contributed by atoms with Crippen LogP contribution in [0.1, 0.15) is 46.2 Å². The van der Waals surface area contributed by atoms with Gasteiger partial charge < -0.3 is 14.0 Å². The molecule has 9 rings (SSSR count). The highest BCUT2D eigenvalue weighted by Gasteiger charge is 2.38. The molecule has 0 atom stereocenters. The van der Waals surface area contributed by atoms with Crippen LogP contribution in [0, 0.1) is 0 Å². The van der Waals surface area contributed by atoms with Crippen molar-refractivity contribution in [3.8, 4) is 22.5 Å². The number of hydrogen-bond donors (Lipinski definition) is 0. The summed E-state index contributed by atoms with van der Waals surface area (Å²) in [5, 5.41) is 2.67. The van der Waals surface area contributed by atoms with Crippen LogP contribution < -0.4 is 14.0 Å². The lowest BCUT2D eigenvalue weighted by Crippen LogP contribution is -2.43. The zero-order valence-corrected chi connectivity index (χ0v) is 31.7. The van der Waals surface area contributed by atoms with Gasteiger partial charge in [0.05, 0.1) is 16.5 Å². The Bertz CT molecular complexity index is 2570. The summed E-state index contributed by atoms with van der Waals surface area (Å²) in [5.41, 5.74) is 4.56. The minimum Gasteiger partial charge on any atom is -0.741 e. The Morgan fingerprint density at radius 3 is 1.74 bits per heavy atom. The molecule has 0 N–H and O–H groups in total. The van der Waals surface area contributed by atoms with Crippen LogP contribution in [0.5, 0.6) is 0 Å². The van der Waals surface area contributed by atoms with Crippen LogP contribution in [0.25, 0.3) is 45.4 Å². The minimum atomic E-state index is -6.09. The molecule has 9 nitrogen and oxygen atoms in total. The van der Waals surface area contributed by atoms with E-state index in [0.717, 1.165) is 25.9 Å². The fourth-order valence-corrected chi connectivity index (χ4v) is 8.05. The molecular formula is C40H35F6N3O6S2. The smallest absolute Gasteiger partial charge is 0.485 e. The molecule has 2 aromatic heterocycles. The number of rotatable bonds is 2. The topological polar surface area (TPSA) is 125 Å². The van der Waals surface area contributed by atoms with Crippen molar-refractivity contribution in [3.05, 3.63) is 113 Å².